The molecule has 3 rings (SSSR count). The number of hydrogen-bond acceptors (Lipinski definition) is 6. The van der Waals surface area contributed by atoms with Gasteiger partial charge in [0.25, 0.3) is 11.6 Å². The number of ether oxygens (including phenoxy) is 1. The van der Waals surface area contributed by atoms with Crippen molar-refractivity contribution >= 4 is 17.7 Å². The molecule has 1 aromatic carbocycles. The molecule has 29 heavy (non-hydrogen) atoms. The van der Waals surface area contributed by atoms with Gasteiger partial charge in [-0.25, -0.2) is 4.98 Å². The number of pyridine rings is 1. The Hall–Kier alpha value is -3.73. The molecule has 2 aromatic rings. The number of benzene rings is 1. The van der Waals surface area contributed by atoms with Gasteiger partial charge in [-0.3, -0.25) is 14.9 Å². The Morgan fingerprint density at radius 3 is 2.52 bits per heavy atom. The number of hydrogen-bond donors (Lipinski definition) is 1. The smallest absolute Gasteiger partial charge is 0.287 e. The summed E-state index contributed by atoms with van der Waals surface area (Å²) in [4.78, 5) is 26.3. The Morgan fingerprint density at radius 1 is 1.21 bits per heavy atom. The highest BCUT2D eigenvalue weighted by molar-refractivity contribution is 6.01. The Bertz CT molecular complexity index is 940. The van der Waals surface area contributed by atoms with Gasteiger partial charge in [0.1, 0.15) is 23.6 Å². The number of nitriles is 1. The van der Waals surface area contributed by atoms with Crippen molar-refractivity contribution in [1.29, 1.82) is 5.26 Å². The third-order valence-electron chi connectivity index (χ3n) is 4.65. The van der Waals surface area contributed by atoms with Gasteiger partial charge < -0.3 is 10.1 Å². The maximum Gasteiger partial charge on any atom is 0.287 e. The first-order valence-electron chi connectivity index (χ1n) is 9.36. The van der Waals surface area contributed by atoms with E-state index in [1.54, 1.807) is 24.3 Å². The van der Waals surface area contributed by atoms with Crippen molar-refractivity contribution in [3.63, 3.8) is 0 Å². The van der Waals surface area contributed by atoms with Gasteiger partial charge in [-0.15, -0.1) is 0 Å². The van der Waals surface area contributed by atoms with Gasteiger partial charge >= 0.3 is 0 Å². The summed E-state index contributed by atoms with van der Waals surface area (Å²) in [6.45, 7) is 0. The zero-order chi connectivity index (χ0) is 20.6. The topological polar surface area (TPSA) is 118 Å². The molecule has 0 aliphatic heterocycles. The van der Waals surface area contributed by atoms with Crippen LogP contribution in [0, 0.1) is 21.4 Å². The van der Waals surface area contributed by atoms with Crippen LogP contribution in [0.3, 0.4) is 0 Å². The van der Waals surface area contributed by atoms with Crippen LogP contribution in [-0.2, 0) is 4.79 Å². The van der Waals surface area contributed by atoms with Crippen LogP contribution in [0.4, 0.5) is 5.69 Å². The van der Waals surface area contributed by atoms with Crippen LogP contribution >= 0.6 is 0 Å². The van der Waals surface area contributed by atoms with Crippen molar-refractivity contribution < 1.29 is 14.5 Å². The van der Waals surface area contributed by atoms with E-state index in [9.17, 15) is 20.2 Å². The highest BCUT2D eigenvalue weighted by Crippen LogP contribution is 2.22. The van der Waals surface area contributed by atoms with Crippen molar-refractivity contribution in [2.24, 2.45) is 0 Å². The lowest BCUT2D eigenvalue weighted by Crippen LogP contribution is -2.36. The number of nitrogens with zero attached hydrogens (tertiary/aromatic N) is 3. The van der Waals surface area contributed by atoms with E-state index in [-0.39, 0.29) is 29.1 Å². The minimum atomic E-state index is -0.533. The first kappa shape index (κ1) is 20.0. The summed E-state index contributed by atoms with van der Waals surface area (Å²) in [7, 11) is 0. The van der Waals surface area contributed by atoms with Crippen LogP contribution in [0.25, 0.3) is 6.08 Å². The van der Waals surface area contributed by atoms with E-state index < -0.39 is 4.92 Å². The Labute approximate surface area is 168 Å². The fraction of sp³-hybridized carbons (Fsp3) is 0.286. The van der Waals surface area contributed by atoms with Crippen LogP contribution in [-0.4, -0.2) is 21.9 Å². The molecule has 0 atom stereocenters. The summed E-state index contributed by atoms with van der Waals surface area (Å²) >= 11 is 0. The number of nitro groups is 1. The number of amides is 1. The molecule has 1 fully saturated rings. The van der Waals surface area contributed by atoms with Gasteiger partial charge in [-0.2, -0.15) is 5.26 Å². The Kier molecular flexibility index (Phi) is 6.53. The van der Waals surface area contributed by atoms with Crippen LogP contribution in [0.15, 0.2) is 48.2 Å². The number of rotatable bonds is 6. The second kappa shape index (κ2) is 9.46. The summed E-state index contributed by atoms with van der Waals surface area (Å²) in [5.41, 5.74) is 0.624. The van der Waals surface area contributed by atoms with Crippen molar-refractivity contribution in [2.75, 3.05) is 0 Å². The number of nitrogens with one attached hydrogen (secondary N) is 1. The summed E-state index contributed by atoms with van der Waals surface area (Å²) < 4.78 is 5.55. The van der Waals surface area contributed by atoms with Crippen LogP contribution in [0.5, 0.6) is 11.6 Å². The van der Waals surface area contributed by atoms with Gasteiger partial charge in [0.15, 0.2) is 0 Å². The van der Waals surface area contributed by atoms with Gasteiger partial charge in [0, 0.05) is 18.2 Å². The van der Waals surface area contributed by atoms with Crippen molar-refractivity contribution in [3.8, 4) is 17.7 Å². The van der Waals surface area contributed by atoms with Crippen molar-refractivity contribution in [1.82, 2.24) is 10.3 Å². The molecule has 0 unspecified atom stereocenters. The Morgan fingerprint density at radius 2 is 1.93 bits per heavy atom. The van der Waals surface area contributed by atoms with E-state index in [1.165, 1.54) is 24.6 Å². The third-order valence-corrected chi connectivity index (χ3v) is 4.65. The monoisotopic (exact) mass is 392 g/mol. The van der Waals surface area contributed by atoms with Crippen molar-refractivity contribution in [3.05, 3.63) is 63.8 Å². The molecule has 0 radical (unpaired) electrons. The van der Waals surface area contributed by atoms with E-state index in [1.807, 2.05) is 6.07 Å². The van der Waals surface area contributed by atoms with Gasteiger partial charge in [0.2, 0.25) is 5.88 Å². The van der Waals surface area contributed by atoms with E-state index >= 15 is 0 Å². The van der Waals surface area contributed by atoms with Gasteiger partial charge in [-0.05, 0) is 36.6 Å². The molecule has 1 aromatic heterocycles. The molecule has 1 heterocycles. The molecular weight excluding hydrogens is 372 g/mol. The average molecular weight is 392 g/mol. The van der Waals surface area contributed by atoms with Crippen LogP contribution in [0.2, 0.25) is 0 Å². The third kappa shape index (κ3) is 5.62. The lowest BCUT2D eigenvalue weighted by atomic mass is 9.95. The van der Waals surface area contributed by atoms with Crippen molar-refractivity contribution in [2.45, 2.75) is 38.1 Å². The second-order valence-corrected chi connectivity index (χ2v) is 6.76. The molecule has 1 saturated carbocycles. The SMILES string of the molecule is N#C/C(=C/c1ccc(Oc2ccc([N+](=O)[O-])cn2)cc1)C(=O)NC1CCCCC1. The highest BCUT2D eigenvalue weighted by Gasteiger charge is 2.18. The minimum absolute atomic E-state index is 0.0567. The molecule has 1 N–H and O–H groups in total. The van der Waals surface area contributed by atoms with E-state index in [0.29, 0.717) is 11.3 Å². The average Bonchev–Trinajstić information content (AvgIpc) is 2.74. The summed E-state index contributed by atoms with van der Waals surface area (Å²) in [6, 6.07) is 11.6. The lowest BCUT2D eigenvalue weighted by Gasteiger charge is -2.22. The minimum Gasteiger partial charge on any atom is -0.439 e. The lowest BCUT2D eigenvalue weighted by molar-refractivity contribution is -0.385. The number of carbonyl (C=O) groups excluding carboxylic acids is 1. The van der Waals surface area contributed by atoms with Crippen LogP contribution in [0.1, 0.15) is 37.7 Å². The van der Waals surface area contributed by atoms with E-state index in [4.69, 9.17) is 4.74 Å². The molecule has 1 aliphatic carbocycles. The van der Waals surface area contributed by atoms with E-state index in [2.05, 4.69) is 10.3 Å². The summed E-state index contributed by atoms with van der Waals surface area (Å²) in [5, 5.41) is 22.9. The molecule has 0 bridgehead atoms. The predicted molar refractivity (Wildman–Crippen MR) is 106 cm³/mol. The zero-order valence-corrected chi connectivity index (χ0v) is 15.7. The fourth-order valence-electron chi connectivity index (χ4n) is 3.12. The maximum absolute atomic E-state index is 12.3. The molecular formula is C21H20N4O4. The molecule has 8 nitrogen and oxygen atoms in total. The molecule has 8 heteroatoms. The Balaban J connectivity index is 1.64. The largest absolute Gasteiger partial charge is 0.439 e. The first-order valence-corrected chi connectivity index (χ1v) is 9.36. The van der Waals surface area contributed by atoms with Gasteiger partial charge in [0.05, 0.1) is 4.92 Å². The summed E-state index contributed by atoms with van der Waals surface area (Å²) in [5.74, 6) is 0.354. The quantitative estimate of drug-likeness (QED) is 0.342. The molecule has 0 spiro atoms. The molecule has 1 aliphatic rings. The van der Waals surface area contributed by atoms with E-state index in [0.717, 1.165) is 31.9 Å². The number of aromatic nitrogens is 1. The summed E-state index contributed by atoms with van der Waals surface area (Å²) in [6.07, 6.45) is 7.95. The van der Waals surface area contributed by atoms with Crippen LogP contribution < -0.4 is 10.1 Å². The highest BCUT2D eigenvalue weighted by atomic mass is 16.6. The normalized spacial score (nSPS) is 14.7. The zero-order valence-electron chi connectivity index (χ0n) is 15.7. The predicted octanol–water partition coefficient (Wildman–Crippen LogP) is 4.14. The molecule has 1 amide bonds. The second-order valence-electron chi connectivity index (χ2n) is 6.76. The standard InChI is InChI=1S/C21H20N4O4/c22-13-16(21(26)24-17-4-2-1-3-5-17)12-15-6-9-19(10-7-15)29-20-11-8-18(14-23-20)25(27)28/h6-12,14,17H,1-5H2,(H,24,26)/b16-12-. The molecule has 148 valence electrons. The fourth-order valence-corrected chi connectivity index (χ4v) is 3.12. The maximum atomic E-state index is 12.3. The van der Waals surface area contributed by atoms with Gasteiger partial charge in [-0.1, -0.05) is 31.4 Å². The number of carbonyl (C=O) groups is 1. The molecule has 0 saturated heterocycles. The first-order chi connectivity index (χ1) is 14.0.